The summed E-state index contributed by atoms with van der Waals surface area (Å²) in [5.74, 6) is 0.854. The lowest BCUT2D eigenvalue weighted by Gasteiger charge is -2.26. The molecule has 0 aliphatic rings. The number of benzene rings is 2. The molecule has 3 aromatic heterocycles. The number of hydrogen-bond acceptors (Lipinski definition) is 12. The molecule has 14 nitrogen and oxygen atoms in total. The van der Waals surface area contributed by atoms with Crippen LogP contribution in [0.1, 0.15) is 0 Å². The first-order chi connectivity index (χ1) is 22.9. The van der Waals surface area contributed by atoms with Crippen molar-refractivity contribution in [1.82, 2.24) is 34.6 Å². The molecular formula is C33H40N11O3P. The first-order valence-corrected chi connectivity index (χ1v) is 17.7. The summed E-state index contributed by atoms with van der Waals surface area (Å²) in [7, 11) is 6.51. The molecule has 0 aliphatic heterocycles. The van der Waals surface area contributed by atoms with Gasteiger partial charge in [0.05, 0.1) is 46.9 Å². The molecule has 0 unspecified atom stereocenters. The van der Waals surface area contributed by atoms with E-state index in [1.165, 1.54) is 6.08 Å². The second-order valence-electron chi connectivity index (χ2n) is 11.8. The van der Waals surface area contributed by atoms with E-state index >= 15 is 0 Å². The number of nitrogens with one attached hydrogen (secondary N) is 3. The lowest BCUT2D eigenvalue weighted by Crippen LogP contribution is -2.29. The molecule has 0 spiro atoms. The van der Waals surface area contributed by atoms with Crippen LogP contribution in [0.3, 0.4) is 0 Å². The standard InChI is InChI=1S/C33H40N11O3P/c1-9-29(45)38-25-16-26(28(47-6)17-27(25)43(4)15-14-42(2)3)40-33-36-19-22(21-18-37-44(5)20-21)32(41-33)39-24-11-10-23-30(35-13-12-34-23)31(24)48(7,8)46/h9-13,16-20H,1,14-15H2,2-8H3,(H,38,45)(H2,36,39,40,41). The molecule has 5 aromatic rings. The molecule has 0 aliphatic carbocycles. The zero-order valence-corrected chi connectivity index (χ0v) is 29.0. The van der Waals surface area contributed by atoms with Crippen LogP contribution in [-0.2, 0) is 16.4 Å². The molecule has 0 saturated heterocycles. The van der Waals surface area contributed by atoms with E-state index in [2.05, 4.69) is 47.5 Å². The molecular weight excluding hydrogens is 629 g/mol. The van der Waals surface area contributed by atoms with E-state index < -0.39 is 7.14 Å². The molecule has 48 heavy (non-hydrogen) atoms. The lowest BCUT2D eigenvalue weighted by atomic mass is 10.1. The third kappa shape index (κ3) is 7.62. The summed E-state index contributed by atoms with van der Waals surface area (Å²) < 4.78 is 21.1. The first-order valence-electron chi connectivity index (χ1n) is 15.1. The quantitative estimate of drug-likeness (QED) is 0.118. The van der Waals surface area contributed by atoms with Crippen molar-refractivity contribution in [2.75, 3.05) is 75.5 Å². The largest absolute Gasteiger partial charge is 0.494 e. The maximum Gasteiger partial charge on any atom is 0.247 e. The molecule has 250 valence electrons. The Bertz CT molecular complexity index is 2020. The molecule has 1 amide bonds. The van der Waals surface area contributed by atoms with Gasteiger partial charge in [-0.1, -0.05) is 6.58 Å². The fourth-order valence-electron chi connectivity index (χ4n) is 5.13. The second kappa shape index (κ2) is 14.2. The smallest absolute Gasteiger partial charge is 0.247 e. The number of hydrogen-bond donors (Lipinski definition) is 3. The number of aromatic nitrogens is 6. The van der Waals surface area contributed by atoms with Crippen molar-refractivity contribution < 1.29 is 14.1 Å². The predicted octanol–water partition coefficient (Wildman–Crippen LogP) is 4.69. The van der Waals surface area contributed by atoms with Crippen molar-refractivity contribution in [2.45, 2.75) is 0 Å². The molecule has 3 heterocycles. The highest BCUT2D eigenvalue weighted by Gasteiger charge is 2.23. The second-order valence-corrected chi connectivity index (χ2v) is 15.0. The fraction of sp³-hybridized carbons (Fsp3) is 0.273. The summed E-state index contributed by atoms with van der Waals surface area (Å²) >= 11 is 0. The van der Waals surface area contributed by atoms with Gasteiger partial charge in [-0.25, -0.2) is 4.98 Å². The maximum absolute atomic E-state index is 13.6. The lowest BCUT2D eigenvalue weighted by molar-refractivity contribution is -0.111. The molecule has 3 N–H and O–H groups in total. The SMILES string of the molecule is C=CC(=O)Nc1cc(Nc2ncc(-c3cnn(C)c3)c(Nc3ccc4nccnc4c3P(C)(C)=O)n2)c(OC)cc1N(C)CCN(C)C. The number of carbonyl (C=O) groups is 1. The average molecular weight is 670 g/mol. The van der Waals surface area contributed by atoms with E-state index in [4.69, 9.17) is 9.72 Å². The van der Waals surface area contributed by atoms with Gasteiger partial charge in [0.1, 0.15) is 24.2 Å². The zero-order valence-electron chi connectivity index (χ0n) is 28.1. The number of anilines is 6. The molecule has 0 bridgehead atoms. The van der Waals surface area contributed by atoms with Crippen LogP contribution < -0.4 is 30.9 Å². The Morgan fingerprint density at radius 3 is 2.46 bits per heavy atom. The Labute approximate surface area is 279 Å². The van der Waals surface area contributed by atoms with Gasteiger partial charge in [0.2, 0.25) is 11.9 Å². The minimum atomic E-state index is -2.85. The maximum atomic E-state index is 13.6. The summed E-state index contributed by atoms with van der Waals surface area (Å²) in [5.41, 5.74) is 5.07. The number of likely N-dealkylation sites (N-methyl/N-ethyl adjacent to an activating group) is 2. The van der Waals surface area contributed by atoms with Gasteiger partial charge < -0.3 is 35.1 Å². The van der Waals surface area contributed by atoms with Crippen LogP contribution >= 0.6 is 7.14 Å². The summed E-state index contributed by atoms with van der Waals surface area (Å²) in [4.78, 5) is 35.0. The summed E-state index contributed by atoms with van der Waals surface area (Å²) in [6, 6.07) is 7.28. The number of aryl methyl sites for hydroxylation is 1. The van der Waals surface area contributed by atoms with Crippen LogP contribution in [0.2, 0.25) is 0 Å². The van der Waals surface area contributed by atoms with Gasteiger partial charge in [0.15, 0.2) is 0 Å². The van der Waals surface area contributed by atoms with Gasteiger partial charge in [0, 0.05) is 69.2 Å². The highest BCUT2D eigenvalue weighted by molar-refractivity contribution is 7.71. The molecule has 2 aromatic carbocycles. The van der Waals surface area contributed by atoms with Crippen molar-refractivity contribution in [1.29, 1.82) is 0 Å². The zero-order chi connectivity index (χ0) is 34.6. The first kappa shape index (κ1) is 34.0. The summed E-state index contributed by atoms with van der Waals surface area (Å²) in [6.45, 7) is 8.51. The molecule has 5 rings (SSSR count). The number of methoxy groups -OCH3 is 1. The van der Waals surface area contributed by atoms with Crippen LogP contribution in [0.5, 0.6) is 5.75 Å². The number of nitrogens with zero attached hydrogens (tertiary/aromatic N) is 8. The van der Waals surface area contributed by atoms with Gasteiger partial charge in [-0.15, -0.1) is 0 Å². The van der Waals surface area contributed by atoms with Crippen molar-refractivity contribution in [3.8, 4) is 16.9 Å². The molecule has 0 saturated carbocycles. The number of rotatable bonds is 13. The Kier molecular flexibility index (Phi) is 10.1. The van der Waals surface area contributed by atoms with E-state index in [1.54, 1.807) is 56.0 Å². The Balaban J connectivity index is 1.60. The number of ether oxygens (including phenoxy) is 1. The van der Waals surface area contributed by atoms with Crippen molar-refractivity contribution in [2.24, 2.45) is 7.05 Å². The number of amides is 1. The van der Waals surface area contributed by atoms with E-state index in [-0.39, 0.29) is 11.9 Å². The third-order valence-corrected chi connectivity index (χ3v) is 9.04. The minimum absolute atomic E-state index is 0.247. The van der Waals surface area contributed by atoms with E-state index in [9.17, 15) is 9.36 Å². The van der Waals surface area contributed by atoms with Crippen molar-refractivity contribution in [3.63, 3.8) is 0 Å². The fourth-order valence-corrected chi connectivity index (χ4v) is 6.52. The third-order valence-electron chi connectivity index (χ3n) is 7.51. The summed E-state index contributed by atoms with van der Waals surface area (Å²) in [6.07, 6.45) is 9.67. The van der Waals surface area contributed by atoms with Crippen LogP contribution in [0, 0.1) is 0 Å². The van der Waals surface area contributed by atoms with Gasteiger partial charge in [0.25, 0.3) is 0 Å². The van der Waals surface area contributed by atoms with Gasteiger partial charge in [-0.2, -0.15) is 10.1 Å². The van der Waals surface area contributed by atoms with Gasteiger partial charge in [-0.3, -0.25) is 19.4 Å². The van der Waals surface area contributed by atoms with Crippen LogP contribution in [-0.4, -0.2) is 95.2 Å². The monoisotopic (exact) mass is 669 g/mol. The van der Waals surface area contributed by atoms with Crippen LogP contribution in [0.15, 0.2) is 67.9 Å². The number of fused-ring (bicyclic) bond motifs is 1. The molecule has 0 fully saturated rings. The minimum Gasteiger partial charge on any atom is -0.494 e. The summed E-state index contributed by atoms with van der Waals surface area (Å²) in [5, 5.41) is 14.5. The number of carbonyl (C=O) groups excluding carboxylic acids is 1. The van der Waals surface area contributed by atoms with E-state index in [0.717, 1.165) is 17.8 Å². The highest BCUT2D eigenvalue weighted by atomic mass is 31.2. The molecule has 0 radical (unpaired) electrons. The Morgan fingerprint density at radius 2 is 1.79 bits per heavy atom. The van der Waals surface area contributed by atoms with Gasteiger partial charge in [-0.05, 0) is 51.7 Å². The van der Waals surface area contributed by atoms with Crippen molar-refractivity contribution >= 4 is 63.9 Å². The van der Waals surface area contributed by atoms with Gasteiger partial charge >= 0.3 is 0 Å². The van der Waals surface area contributed by atoms with Crippen LogP contribution in [0.4, 0.5) is 34.5 Å². The van der Waals surface area contributed by atoms with Crippen LogP contribution in [0.25, 0.3) is 22.2 Å². The van der Waals surface area contributed by atoms with E-state index in [0.29, 0.717) is 57.1 Å². The van der Waals surface area contributed by atoms with Crippen molar-refractivity contribution in [3.05, 3.63) is 67.9 Å². The predicted molar refractivity (Wildman–Crippen MR) is 193 cm³/mol. The molecule has 0 atom stereocenters. The molecule has 15 heteroatoms. The van der Waals surface area contributed by atoms with E-state index in [1.807, 2.05) is 57.5 Å². The normalized spacial score (nSPS) is 11.4. The Hall–Kier alpha value is -5.33. The Morgan fingerprint density at radius 1 is 1.02 bits per heavy atom. The average Bonchev–Trinajstić information content (AvgIpc) is 3.48. The topological polar surface area (TPSA) is 155 Å². The highest BCUT2D eigenvalue weighted by Crippen LogP contribution is 2.42.